The maximum absolute atomic E-state index is 14.7. The fourth-order valence-corrected chi connectivity index (χ4v) is 5.24. The summed E-state index contributed by atoms with van der Waals surface area (Å²) < 4.78 is 51.9. The third-order valence-electron chi connectivity index (χ3n) is 7.13. The average Bonchev–Trinajstić information content (AvgIpc) is 3.25. The number of fused-ring (bicyclic) bond motifs is 1. The van der Waals surface area contributed by atoms with Gasteiger partial charge in [-0.25, -0.2) is 23.1 Å². The van der Waals surface area contributed by atoms with Crippen molar-refractivity contribution in [1.82, 2.24) is 9.97 Å². The van der Waals surface area contributed by atoms with Crippen LogP contribution >= 0.6 is 11.6 Å². The molecule has 35 heavy (non-hydrogen) atoms. The van der Waals surface area contributed by atoms with Gasteiger partial charge in [0.2, 0.25) is 5.28 Å². The number of alkyl halides is 2. The first-order valence-electron chi connectivity index (χ1n) is 11.8. The number of nitrogens with zero attached hydrogens (tertiary/aromatic N) is 2. The van der Waals surface area contributed by atoms with E-state index in [4.69, 9.17) is 21.1 Å². The molecule has 0 spiro atoms. The summed E-state index contributed by atoms with van der Waals surface area (Å²) in [4.78, 5) is 21.6. The molecule has 10 heteroatoms. The number of halogens is 4. The Labute approximate surface area is 207 Å². The average molecular weight is 512 g/mol. The van der Waals surface area contributed by atoms with Gasteiger partial charge in [-0.3, -0.25) is 4.79 Å². The first kappa shape index (κ1) is 25.9. The monoisotopic (exact) mass is 511 g/mol. The van der Waals surface area contributed by atoms with E-state index in [9.17, 15) is 18.0 Å². The second-order valence-corrected chi connectivity index (χ2v) is 9.57. The quantitative estimate of drug-likeness (QED) is 0.439. The summed E-state index contributed by atoms with van der Waals surface area (Å²) in [5.74, 6) is -0.216. The van der Waals surface area contributed by atoms with Crippen molar-refractivity contribution < 1.29 is 27.4 Å². The summed E-state index contributed by atoms with van der Waals surface area (Å²) in [6.45, 7) is 2.70. The van der Waals surface area contributed by atoms with E-state index in [1.165, 1.54) is 12.1 Å². The SMILES string of the molecule is COC1(C(=O)CCC2Cc3nc(Cl)nc(N[C@H](C)c4cccc(C(F)F)c4F)c3C2)CCOCC1. The molecule has 2 heterocycles. The molecular weight excluding hydrogens is 483 g/mol. The molecule has 0 radical (unpaired) electrons. The predicted octanol–water partition coefficient (Wildman–Crippen LogP) is 5.64. The summed E-state index contributed by atoms with van der Waals surface area (Å²) in [6, 6.07) is 3.33. The molecule has 1 saturated heterocycles. The number of rotatable bonds is 9. The molecule has 6 nitrogen and oxygen atoms in total. The van der Waals surface area contributed by atoms with Crippen molar-refractivity contribution in [3.63, 3.8) is 0 Å². The second-order valence-electron chi connectivity index (χ2n) is 9.23. The minimum Gasteiger partial charge on any atom is -0.381 e. The van der Waals surface area contributed by atoms with E-state index in [-0.39, 0.29) is 22.5 Å². The Morgan fingerprint density at radius 1 is 1.26 bits per heavy atom. The zero-order chi connectivity index (χ0) is 25.2. The summed E-state index contributed by atoms with van der Waals surface area (Å²) >= 11 is 6.15. The fourth-order valence-electron chi connectivity index (χ4n) is 5.06. The van der Waals surface area contributed by atoms with Gasteiger partial charge in [-0.1, -0.05) is 18.2 Å². The van der Waals surface area contributed by atoms with Gasteiger partial charge < -0.3 is 14.8 Å². The molecule has 1 aliphatic carbocycles. The Morgan fingerprint density at radius 2 is 1.97 bits per heavy atom. The van der Waals surface area contributed by atoms with Crippen molar-refractivity contribution in [3.8, 4) is 0 Å². The van der Waals surface area contributed by atoms with Crippen LogP contribution in [0.4, 0.5) is 19.0 Å². The number of ether oxygens (including phenoxy) is 2. The van der Waals surface area contributed by atoms with Gasteiger partial charge in [0, 0.05) is 50.7 Å². The lowest BCUT2D eigenvalue weighted by Crippen LogP contribution is -2.45. The van der Waals surface area contributed by atoms with Crippen LogP contribution in [0.5, 0.6) is 0 Å². The molecular formula is C25H29ClF3N3O3. The normalized spacial score (nSPS) is 20.0. The minimum atomic E-state index is -2.90. The van der Waals surface area contributed by atoms with Gasteiger partial charge in [-0.05, 0) is 43.7 Å². The largest absolute Gasteiger partial charge is 0.381 e. The number of methoxy groups -OCH3 is 1. The molecule has 2 aliphatic rings. The van der Waals surface area contributed by atoms with Crippen LogP contribution in [0.25, 0.3) is 0 Å². The van der Waals surface area contributed by atoms with E-state index in [1.807, 2.05) is 0 Å². The van der Waals surface area contributed by atoms with Gasteiger partial charge in [0.15, 0.2) is 5.78 Å². The number of benzene rings is 1. The highest BCUT2D eigenvalue weighted by molar-refractivity contribution is 6.28. The molecule has 4 rings (SSSR count). The first-order chi connectivity index (χ1) is 16.7. The number of carbonyl (C=O) groups is 1. The molecule has 2 atom stereocenters. The highest BCUT2D eigenvalue weighted by atomic mass is 35.5. The Bertz CT molecular complexity index is 1080. The smallest absolute Gasteiger partial charge is 0.266 e. The highest BCUT2D eigenvalue weighted by Gasteiger charge is 2.40. The summed E-state index contributed by atoms with van der Waals surface area (Å²) in [5, 5.41) is 3.19. The molecule has 1 aromatic carbocycles. The Morgan fingerprint density at radius 3 is 2.66 bits per heavy atom. The van der Waals surface area contributed by atoms with Crippen LogP contribution in [-0.2, 0) is 27.1 Å². The van der Waals surface area contributed by atoms with E-state index in [0.29, 0.717) is 57.6 Å². The molecule has 190 valence electrons. The van der Waals surface area contributed by atoms with Crippen LogP contribution in [0, 0.1) is 11.7 Å². The molecule has 1 aliphatic heterocycles. The third-order valence-corrected chi connectivity index (χ3v) is 7.30. The molecule has 0 bridgehead atoms. The number of anilines is 1. The molecule has 2 aromatic rings. The lowest BCUT2D eigenvalue weighted by molar-refractivity contribution is -0.153. The van der Waals surface area contributed by atoms with Crippen molar-refractivity contribution in [2.75, 3.05) is 25.6 Å². The predicted molar refractivity (Wildman–Crippen MR) is 125 cm³/mol. The van der Waals surface area contributed by atoms with Crippen molar-refractivity contribution in [3.05, 3.63) is 51.7 Å². The van der Waals surface area contributed by atoms with Crippen molar-refractivity contribution >= 4 is 23.2 Å². The van der Waals surface area contributed by atoms with Crippen LogP contribution in [0.3, 0.4) is 0 Å². The van der Waals surface area contributed by atoms with E-state index >= 15 is 0 Å². The van der Waals surface area contributed by atoms with E-state index in [2.05, 4.69) is 15.3 Å². The topological polar surface area (TPSA) is 73.3 Å². The van der Waals surface area contributed by atoms with Crippen LogP contribution in [0.2, 0.25) is 5.28 Å². The minimum absolute atomic E-state index is 0.0533. The molecule has 0 saturated carbocycles. The van der Waals surface area contributed by atoms with Crippen molar-refractivity contribution in [1.29, 1.82) is 0 Å². The summed E-state index contributed by atoms with van der Waals surface area (Å²) in [6.07, 6.45) is 0.551. The van der Waals surface area contributed by atoms with Gasteiger partial charge >= 0.3 is 0 Å². The van der Waals surface area contributed by atoms with Crippen LogP contribution in [0.1, 0.15) is 67.5 Å². The highest BCUT2D eigenvalue weighted by Crippen LogP contribution is 2.37. The van der Waals surface area contributed by atoms with Gasteiger partial charge in [0.05, 0.1) is 17.3 Å². The molecule has 1 unspecified atom stereocenters. The van der Waals surface area contributed by atoms with E-state index in [1.54, 1.807) is 14.0 Å². The van der Waals surface area contributed by atoms with Crippen LogP contribution in [0.15, 0.2) is 18.2 Å². The van der Waals surface area contributed by atoms with Crippen molar-refractivity contribution in [2.45, 2.75) is 63.5 Å². The van der Waals surface area contributed by atoms with Gasteiger partial charge in [0.1, 0.15) is 17.2 Å². The summed E-state index contributed by atoms with van der Waals surface area (Å²) in [7, 11) is 1.57. The molecule has 1 N–H and O–H groups in total. The molecule has 0 amide bonds. The van der Waals surface area contributed by atoms with Crippen molar-refractivity contribution in [2.24, 2.45) is 5.92 Å². The standard InChI is InChI=1S/C25H29ClF3N3O3/c1-14(16-4-3-5-17(21(16)27)22(28)29)30-23-18-12-15(13-19(18)31-24(26)32-23)6-7-20(33)25(34-2)8-10-35-11-9-25/h3-5,14-15,22H,6-13H2,1-2H3,(H,30,31,32)/t14-,15?/m1/s1. The lowest BCUT2D eigenvalue weighted by atomic mass is 9.85. The number of hydrogen-bond acceptors (Lipinski definition) is 6. The zero-order valence-electron chi connectivity index (χ0n) is 19.8. The lowest BCUT2D eigenvalue weighted by Gasteiger charge is -2.34. The van der Waals surface area contributed by atoms with Crippen LogP contribution in [-0.4, -0.2) is 41.7 Å². The molecule has 1 aromatic heterocycles. The second kappa shape index (κ2) is 10.8. The number of carbonyl (C=O) groups excluding carboxylic acids is 1. The Kier molecular flexibility index (Phi) is 7.98. The van der Waals surface area contributed by atoms with E-state index in [0.717, 1.165) is 17.3 Å². The Hall–Kier alpha value is -2.23. The maximum Gasteiger partial charge on any atom is 0.266 e. The third kappa shape index (κ3) is 5.47. The van der Waals surface area contributed by atoms with Gasteiger partial charge in [-0.2, -0.15) is 0 Å². The maximum atomic E-state index is 14.7. The summed E-state index contributed by atoms with van der Waals surface area (Å²) in [5.41, 5.74) is 0.354. The number of ketones is 1. The number of nitrogens with one attached hydrogen (secondary N) is 1. The Balaban J connectivity index is 1.45. The first-order valence-corrected chi connectivity index (χ1v) is 12.2. The molecule has 1 fully saturated rings. The van der Waals surface area contributed by atoms with E-state index < -0.39 is 29.4 Å². The van der Waals surface area contributed by atoms with Crippen LogP contribution < -0.4 is 5.32 Å². The zero-order valence-corrected chi connectivity index (χ0v) is 20.5. The van der Waals surface area contributed by atoms with Gasteiger partial charge in [0.25, 0.3) is 6.43 Å². The van der Waals surface area contributed by atoms with Gasteiger partial charge in [-0.15, -0.1) is 0 Å². The number of aromatic nitrogens is 2. The number of Topliss-reactive ketones (excluding diaryl/α,β-unsaturated/α-hetero) is 1. The number of hydrogen-bond donors (Lipinski definition) is 1. The fraction of sp³-hybridized carbons (Fsp3) is 0.560.